The van der Waals surface area contributed by atoms with Gasteiger partial charge >= 0.3 is 0 Å². The number of methoxy groups -OCH3 is 1. The molecule has 2 atom stereocenters. The maximum Gasteiger partial charge on any atom is 0.254 e. The van der Waals surface area contributed by atoms with Crippen molar-refractivity contribution in [3.63, 3.8) is 0 Å². The molecule has 4 saturated carbocycles. The van der Waals surface area contributed by atoms with Crippen LogP contribution in [0.25, 0.3) is 0 Å². The van der Waals surface area contributed by atoms with E-state index in [1.807, 2.05) is 16.7 Å². The van der Waals surface area contributed by atoms with E-state index in [1.54, 1.807) is 18.4 Å². The lowest BCUT2D eigenvalue weighted by molar-refractivity contribution is -0.129. The predicted molar refractivity (Wildman–Crippen MR) is 110 cm³/mol. The standard InChI is InChI=1S/C23H27FN2O2S/c1-28-7-6-26-14-20(11-15-2-4-19(24)5-3-15)29-22(26)25-21(27)23-12-16-8-17(13-23)10-18(23)9-16/h2-5,14,16-18H,6-13H2,1H3/b25-22-. The van der Waals surface area contributed by atoms with Crippen molar-refractivity contribution >= 4 is 17.2 Å². The number of carbonyl (C=O) groups is 1. The fourth-order valence-electron chi connectivity index (χ4n) is 6.10. The normalized spacial score (nSPS) is 30.4. The summed E-state index contributed by atoms with van der Waals surface area (Å²) < 4.78 is 20.5. The largest absolute Gasteiger partial charge is 0.383 e. The van der Waals surface area contributed by atoms with E-state index in [0.29, 0.717) is 25.5 Å². The van der Waals surface area contributed by atoms with Crippen molar-refractivity contribution in [1.82, 2.24) is 4.57 Å². The highest BCUT2D eigenvalue weighted by atomic mass is 32.1. The summed E-state index contributed by atoms with van der Waals surface area (Å²) in [6, 6.07) is 6.59. The Labute approximate surface area is 174 Å². The van der Waals surface area contributed by atoms with Crippen LogP contribution in [0.15, 0.2) is 35.5 Å². The number of aromatic nitrogens is 1. The fourth-order valence-corrected chi connectivity index (χ4v) is 7.14. The predicted octanol–water partition coefficient (Wildman–Crippen LogP) is 4.18. The van der Waals surface area contributed by atoms with Gasteiger partial charge in [0.15, 0.2) is 4.80 Å². The number of halogens is 1. The van der Waals surface area contributed by atoms with E-state index in [-0.39, 0.29) is 17.1 Å². The van der Waals surface area contributed by atoms with Gasteiger partial charge in [0.1, 0.15) is 5.82 Å². The number of carbonyl (C=O) groups excluding carboxylic acids is 1. The minimum Gasteiger partial charge on any atom is -0.383 e. The molecule has 1 aromatic carbocycles. The third-order valence-electron chi connectivity index (χ3n) is 7.21. The third-order valence-corrected chi connectivity index (χ3v) is 8.23. The first-order valence-electron chi connectivity index (χ1n) is 10.6. The molecular formula is C23H27FN2O2S. The van der Waals surface area contributed by atoms with E-state index in [0.717, 1.165) is 39.9 Å². The highest BCUT2D eigenvalue weighted by molar-refractivity contribution is 7.09. The molecular weight excluding hydrogens is 387 g/mol. The first-order chi connectivity index (χ1) is 14.1. The van der Waals surface area contributed by atoms with Gasteiger partial charge in [0.05, 0.1) is 12.0 Å². The molecule has 2 aromatic rings. The van der Waals surface area contributed by atoms with Crippen LogP contribution in [0, 0.1) is 29.0 Å². The third kappa shape index (κ3) is 3.50. The van der Waals surface area contributed by atoms with Crippen LogP contribution in [0.1, 0.15) is 42.5 Å². The molecule has 154 valence electrons. The first kappa shape index (κ1) is 19.2. The molecule has 0 spiro atoms. The van der Waals surface area contributed by atoms with Crippen molar-refractivity contribution < 1.29 is 13.9 Å². The molecule has 4 fully saturated rings. The number of amides is 1. The van der Waals surface area contributed by atoms with Crippen LogP contribution in [0.4, 0.5) is 4.39 Å². The Balaban J connectivity index is 1.44. The zero-order valence-corrected chi connectivity index (χ0v) is 17.6. The maximum atomic E-state index is 13.4. The van der Waals surface area contributed by atoms with E-state index in [1.165, 1.54) is 31.4 Å². The van der Waals surface area contributed by atoms with Gasteiger partial charge in [0, 0.05) is 31.1 Å². The van der Waals surface area contributed by atoms with Crippen molar-refractivity contribution in [3.8, 4) is 0 Å². The molecule has 0 N–H and O–H groups in total. The van der Waals surface area contributed by atoms with E-state index in [2.05, 4.69) is 11.2 Å². The molecule has 4 bridgehead atoms. The lowest BCUT2D eigenvalue weighted by Crippen LogP contribution is -2.33. The second-order valence-electron chi connectivity index (χ2n) is 9.09. The monoisotopic (exact) mass is 414 g/mol. The number of nitrogens with zero attached hydrogens (tertiary/aromatic N) is 2. The van der Waals surface area contributed by atoms with Crippen molar-refractivity contribution in [3.05, 3.63) is 51.5 Å². The zero-order valence-electron chi connectivity index (χ0n) is 16.8. The second-order valence-corrected chi connectivity index (χ2v) is 10.2. The van der Waals surface area contributed by atoms with Crippen LogP contribution < -0.4 is 4.80 Å². The maximum absolute atomic E-state index is 13.4. The van der Waals surface area contributed by atoms with E-state index >= 15 is 0 Å². The van der Waals surface area contributed by atoms with Crippen LogP contribution in [0.2, 0.25) is 0 Å². The summed E-state index contributed by atoms with van der Waals surface area (Å²) in [5.41, 5.74) is 0.864. The van der Waals surface area contributed by atoms with E-state index in [4.69, 9.17) is 4.74 Å². The van der Waals surface area contributed by atoms with E-state index < -0.39 is 0 Å². The molecule has 0 radical (unpaired) electrons. The van der Waals surface area contributed by atoms with Gasteiger partial charge in [-0.05, 0) is 67.6 Å². The van der Waals surface area contributed by atoms with Crippen LogP contribution in [0.3, 0.4) is 0 Å². The zero-order chi connectivity index (χ0) is 20.0. The first-order valence-corrected chi connectivity index (χ1v) is 11.4. The van der Waals surface area contributed by atoms with Gasteiger partial charge in [-0.3, -0.25) is 4.79 Å². The average Bonchev–Trinajstić information content (AvgIpc) is 3.28. The van der Waals surface area contributed by atoms with Gasteiger partial charge in [0.25, 0.3) is 5.91 Å². The van der Waals surface area contributed by atoms with Crippen molar-refractivity contribution in [2.75, 3.05) is 13.7 Å². The molecule has 1 aromatic heterocycles. The number of benzene rings is 1. The number of ether oxygens (including phenoxy) is 1. The van der Waals surface area contributed by atoms with Crippen LogP contribution in [-0.2, 0) is 22.5 Å². The Hall–Kier alpha value is -1.79. The summed E-state index contributed by atoms with van der Waals surface area (Å²) in [5, 5.41) is 0. The Bertz CT molecular complexity index is 964. The quantitative estimate of drug-likeness (QED) is 0.712. The summed E-state index contributed by atoms with van der Waals surface area (Å²) in [6.45, 7) is 1.25. The molecule has 1 heterocycles. The summed E-state index contributed by atoms with van der Waals surface area (Å²) in [5.74, 6) is 1.91. The van der Waals surface area contributed by atoms with Crippen LogP contribution >= 0.6 is 11.3 Å². The lowest BCUT2D eigenvalue weighted by Gasteiger charge is -2.29. The van der Waals surface area contributed by atoms with Gasteiger partial charge in [-0.2, -0.15) is 4.99 Å². The molecule has 0 saturated heterocycles. The molecule has 4 aliphatic rings. The van der Waals surface area contributed by atoms with Gasteiger partial charge < -0.3 is 9.30 Å². The Morgan fingerprint density at radius 2 is 1.97 bits per heavy atom. The summed E-state index contributed by atoms with van der Waals surface area (Å²) in [4.78, 5) is 19.9. The summed E-state index contributed by atoms with van der Waals surface area (Å²) >= 11 is 1.57. The van der Waals surface area contributed by atoms with Crippen molar-refractivity contribution in [2.45, 2.75) is 45.1 Å². The SMILES string of the molecule is COCCn1cc(Cc2ccc(F)cc2)s/c1=N\C(=O)C12CC3CC(CC1C3)C2. The Morgan fingerprint density at radius 3 is 2.66 bits per heavy atom. The fraction of sp³-hybridized carbons (Fsp3) is 0.565. The number of thiazole rings is 1. The molecule has 0 aliphatic heterocycles. The van der Waals surface area contributed by atoms with Crippen molar-refractivity contribution in [1.29, 1.82) is 0 Å². The average molecular weight is 415 g/mol. The Morgan fingerprint density at radius 1 is 1.24 bits per heavy atom. The van der Waals surface area contributed by atoms with Gasteiger partial charge in [-0.25, -0.2) is 4.39 Å². The van der Waals surface area contributed by atoms with Gasteiger partial charge in [0.2, 0.25) is 0 Å². The topological polar surface area (TPSA) is 43.6 Å². The van der Waals surface area contributed by atoms with E-state index in [9.17, 15) is 9.18 Å². The number of rotatable bonds is 6. The minimum atomic E-state index is -0.226. The summed E-state index contributed by atoms with van der Waals surface area (Å²) in [7, 11) is 1.68. The summed E-state index contributed by atoms with van der Waals surface area (Å²) in [6.07, 6.45) is 8.63. The Kier molecular flexibility index (Phi) is 4.95. The molecule has 6 rings (SSSR count). The number of hydrogen-bond acceptors (Lipinski definition) is 3. The lowest BCUT2D eigenvalue weighted by atomic mass is 9.75. The van der Waals surface area contributed by atoms with Crippen LogP contribution in [0.5, 0.6) is 0 Å². The molecule has 29 heavy (non-hydrogen) atoms. The minimum absolute atomic E-state index is 0.105. The highest BCUT2D eigenvalue weighted by Gasteiger charge is 2.61. The van der Waals surface area contributed by atoms with Gasteiger partial charge in [-0.15, -0.1) is 11.3 Å². The number of hydrogen-bond donors (Lipinski definition) is 0. The van der Waals surface area contributed by atoms with Crippen molar-refractivity contribution in [2.24, 2.45) is 28.2 Å². The second kappa shape index (κ2) is 7.47. The molecule has 2 unspecified atom stereocenters. The highest BCUT2D eigenvalue weighted by Crippen LogP contribution is 2.65. The smallest absolute Gasteiger partial charge is 0.254 e. The van der Waals surface area contributed by atoms with Gasteiger partial charge in [-0.1, -0.05) is 12.1 Å². The molecule has 6 heteroatoms. The molecule has 4 aliphatic carbocycles. The molecule has 4 nitrogen and oxygen atoms in total. The van der Waals surface area contributed by atoms with Crippen LogP contribution in [-0.4, -0.2) is 24.2 Å². The molecule has 1 amide bonds.